The normalized spacial score (nSPS) is 31.5. The summed E-state index contributed by atoms with van der Waals surface area (Å²) in [7, 11) is -3.52. The summed E-state index contributed by atoms with van der Waals surface area (Å²) in [5.74, 6) is 0.450. The highest BCUT2D eigenvalue weighted by Gasteiger charge is 2.65. The van der Waals surface area contributed by atoms with Gasteiger partial charge in [0, 0.05) is 23.8 Å². The summed E-state index contributed by atoms with van der Waals surface area (Å²) in [5.41, 5.74) is 0.198. The van der Waals surface area contributed by atoms with Gasteiger partial charge >= 0.3 is 0 Å². The quantitative estimate of drug-likeness (QED) is 0.805. The van der Waals surface area contributed by atoms with E-state index in [0.29, 0.717) is 25.3 Å². The van der Waals surface area contributed by atoms with Crippen molar-refractivity contribution in [1.82, 2.24) is 4.72 Å². The van der Waals surface area contributed by atoms with E-state index in [0.717, 1.165) is 32.1 Å². The molecule has 0 radical (unpaired) electrons. The maximum Gasteiger partial charge on any atom is 0.212 e. The van der Waals surface area contributed by atoms with Crippen molar-refractivity contribution in [2.24, 2.45) is 16.7 Å². The van der Waals surface area contributed by atoms with Crippen LogP contribution in [0.2, 0.25) is 0 Å². The monoisotopic (exact) mass is 389 g/mol. The van der Waals surface area contributed by atoms with Crippen molar-refractivity contribution in [1.29, 1.82) is 0 Å². The Hall–Kier alpha value is -1.20. The lowest BCUT2D eigenvalue weighted by Gasteiger charge is -2.37. The van der Waals surface area contributed by atoms with Crippen molar-refractivity contribution in [3.63, 3.8) is 0 Å². The Morgan fingerprint density at radius 2 is 1.74 bits per heavy atom. The zero-order chi connectivity index (χ0) is 19.3. The molecule has 0 aliphatic heterocycles. The summed E-state index contributed by atoms with van der Waals surface area (Å²) in [6.45, 7) is 4.62. The number of nitrogens with one attached hydrogen (secondary N) is 1. The van der Waals surface area contributed by atoms with Crippen LogP contribution in [-0.4, -0.2) is 26.5 Å². The predicted molar refractivity (Wildman–Crippen MR) is 107 cm³/mol. The highest BCUT2D eigenvalue weighted by molar-refractivity contribution is 7.89. The lowest BCUT2D eigenvalue weighted by atomic mass is 9.70. The molecule has 3 saturated carbocycles. The molecule has 27 heavy (non-hydrogen) atoms. The molecule has 0 saturated heterocycles. The van der Waals surface area contributed by atoms with E-state index in [1.165, 1.54) is 5.56 Å². The van der Waals surface area contributed by atoms with E-state index in [1.54, 1.807) is 0 Å². The van der Waals surface area contributed by atoms with Crippen LogP contribution in [0, 0.1) is 16.7 Å². The van der Waals surface area contributed by atoms with Crippen LogP contribution in [-0.2, 0) is 20.2 Å². The van der Waals surface area contributed by atoms with Gasteiger partial charge in [-0.2, -0.15) is 0 Å². The fourth-order valence-electron chi connectivity index (χ4n) is 6.14. The second-order valence-corrected chi connectivity index (χ2v) is 11.4. The van der Waals surface area contributed by atoms with Gasteiger partial charge in [-0.05, 0) is 42.6 Å². The lowest BCUT2D eigenvalue weighted by Crippen LogP contribution is -2.47. The van der Waals surface area contributed by atoms with Crippen LogP contribution in [0.25, 0.3) is 0 Å². The minimum atomic E-state index is -3.52. The van der Waals surface area contributed by atoms with Gasteiger partial charge in [-0.15, -0.1) is 0 Å². The molecular weight excluding hydrogens is 358 g/mol. The van der Waals surface area contributed by atoms with Crippen LogP contribution in [0.3, 0.4) is 0 Å². The maximum atomic E-state index is 13.1. The molecule has 3 aliphatic rings. The molecule has 1 aromatic carbocycles. The first kappa shape index (κ1) is 19.1. The third-order valence-electron chi connectivity index (χ3n) is 8.15. The molecule has 3 aliphatic carbocycles. The SMILES string of the molecule is CC1(C)C2CCC1(CS(=O)(=O)NCC1(c3ccccc3)CCCC1)C(=O)C2. The fourth-order valence-corrected chi connectivity index (χ4v) is 8.07. The van der Waals surface area contributed by atoms with E-state index in [2.05, 4.69) is 30.7 Å². The summed E-state index contributed by atoms with van der Waals surface area (Å²) >= 11 is 0. The van der Waals surface area contributed by atoms with Crippen molar-refractivity contribution in [2.75, 3.05) is 12.3 Å². The Morgan fingerprint density at radius 3 is 2.30 bits per heavy atom. The second kappa shape index (κ2) is 6.41. The molecule has 4 nitrogen and oxygen atoms in total. The summed E-state index contributed by atoms with van der Waals surface area (Å²) in [5, 5.41) is 0. The van der Waals surface area contributed by atoms with Crippen LogP contribution in [0.1, 0.15) is 64.4 Å². The van der Waals surface area contributed by atoms with Crippen molar-refractivity contribution in [2.45, 2.75) is 64.2 Å². The number of benzene rings is 1. The van der Waals surface area contributed by atoms with Crippen molar-refractivity contribution in [3.8, 4) is 0 Å². The average Bonchev–Trinajstić information content (AvgIpc) is 3.25. The Balaban J connectivity index is 1.53. The summed E-state index contributed by atoms with van der Waals surface area (Å²) < 4.78 is 29.1. The van der Waals surface area contributed by atoms with Crippen LogP contribution in [0.4, 0.5) is 0 Å². The van der Waals surface area contributed by atoms with Crippen molar-refractivity contribution in [3.05, 3.63) is 35.9 Å². The molecule has 5 heteroatoms. The van der Waals surface area contributed by atoms with E-state index in [-0.39, 0.29) is 22.4 Å². The summed E-state index contributed by atoms with van der Waals surface area (Å²) in [6, 6.07) is 10.3. The largest absolute Gasteiger partial charge is 0.299 e. The standard InChI is InChI=1S/C22H31NO3S/c1-20(2)18-10-13-22(20,19(24)14-18)16-27(25,26)23-15-21(11-6-7-12-21)17-8-4-3-5-9-17/h3-5,8-9,18,23H,6-7,10-16H2,1-2H3. The Morgan fingerprint density at radius 1 is 1.07 bits per heavy atom. The predicted octanol–water partition coefficient (Wildman–Crippen LogP) is 3.81. The molecule has 2 bridgehead atoms. The number of hydrogen-bond donors (Lipinski definition) is 1. The van der Waals surface area contributed by atoms with Gasteiger partial charge < -0.3 is 0 Å². The van der Waals surface area contributed by atoms with Crippen LogP contribution >= 0.6 is 0 Å². The fraction of sp³-hybridized carbons (Fsp3) is 0.682. The number of hydrogen-bond acceptors (Lipinski definition) is 3. The number of carbonyl (C=O) groups is 1. The molecule has 1 aromatic rings. The number of carbonyl (C=O) groups excluding carboxylic acids is 1. The van der Waals surface area contributed by atoms with E-state index in [1.807, 2.05) is 18.2 Å². The molecule has 0 heterocycles. The van der Waals surface area contributed by atoms with E-state index in [9.17, 15) is 13.2 Å². The molecular formula is C22H31NO3S. The summed E-state index contributed by atoms with van der Waals surface area (Å²) in [4.78, 5) is 12.7. The molecule has 0 amide bonds. The number of ketones is 1. The zero-order valence-electron chi connectivity index (χ0n) is 16.5. The molecule has 3 fully saturated rings. The van der Waals surface area contributed by atoms with E-state index < -0.39 is 15.4 Å². The minimum absolute atomic E-state index is 0.0484. The number of sulfonamides is 1. The van der Waals surface area contributed by atoms with Crippen molar-refractivity contribution < 1.29 is 13.2 Å². The van der Waals surface area contributed by atoms with Gasteiger partial charge in [0.1, 0.15) is 5.78 Å². The average molecular weight is 390 g/mol. The Labute approximate surface area is 163 Å². The molecule has 1 N–H and O–H groups in total. The third-order valence-corrected chi connectivity index (χ3v) is 9.61. The van der Waals surface area contributed by atoms with Crippen LogP contribution in [0.15, 0.2) is 30.3 Å². The molecule has 0 spiro atoms. The first-order valence-electron chi connectivity index (χ1n) is 10.3. The van der Waals surface area contributed by atoms with Gasteiger partial charge in [0.15, 0.2) is 0 Å². The van der Waals surface area contributed by atoms with Gasteiger partial charge in [-0.25, -0.2) is 13.1 Å². The van der Waals surface area contributed by atoms with E-state index in [4.69, 9.17) is 0 Å². The molecule has 2 unspecified atom stereocenters. The maximum absolute atomic E-state index is 13.1. The van der Waals surface area contributed by atoms with Crippen LogP contribution < -0.4 is 4.72 Å². The van der Waals surface area contributed by atoms with Gasteiger partial charge in [0.25, 0.3) is 0 Å². The van der Waals surface area contributed by atoms with Gasteiger partial charge in [-0.1, -0.05) is 57.0 Å². The number of fused-ring (bicyclic) bond motifs is 2. The Bertz CT molecular complexity index is 824. The molecule has 148 valence electrons. The Kier molecular flexibility index (Phi) is 4.54. The topological polar surface area (TPSA) is 63.2 Å². The number of rotatable bonds is 6. The smallest absolute Gasteiger partial charge is 0.212 e. The minimum Gasteiger partial charge on any atom is -0.299 e. The van der Waals surface area contributed by atoms with Crippen molar-refractivity contribution >= 4 is 15.8 Å². The molecule has 2 atom stereocenters. The second-order valence-electron chi connectivity index (χ2n) is 9.60. The van der Waals surface area contributed by atoms with Crippen LogP contribution in [0.5, 0.6) is 0 Å². The highest BCUT2D eigenvalue weighted by atomic mass is 32.2. The highest BCUT2D eigenvalue weighted by Crippen LogP contribution is 2.64. The first-order valence-corrected chi connectivity index (χ1v) is 11.9. The first-order chi connectivity index (χ1) is 12.7. The zero-order valence-corrected chi connectivity index (χ0v) is 17.3. The lowest BCUT2D eigenvalue weighted by molar-refractivity contribution is -0.128. The summed E-state index contributed by atoms with van der Waals surface area (Å²) in [6.07, 6.45) is 6.53. The van der Waals surface area contributed by atoms with Gasteiger partial charge in [0.2, 0.25) is 10.0 Å². The third kappa shape index (κ3) is 2.98. The number of Topliss-reactive ketones (excluding diaryl/α,β-unsaturated/α-hetero) is 1. The molecule has 0 aromatic heterocycles. The van der Waals surface area contributed by atoms with Gasteiger partial charge in [-0.3, -0.25) is 4.79 Å². The van der Waals surface area contributed by atoms with Gasteiger partial charge in [0.05, 0.1) is 5.75 Å². The molecule has 4 rings (SSSR count). The van der Waals surface area contributed by atoms with E-state index >= 15 is 0 Å².